The molecule has 21 heavy (non-hydrogen) atoms. The van der Waals surface area contributed by atoms with Gasteiger partial charge in [-0.2, -0.15) is 4.68 Å². The lowest BCUT2D eigenvalue weighted by atomic mass is 10.1. The molecule has 1 N–H and O–H groups in total. The van der Waals surface area contributed by atoms with Gasteiger partial charge in [0.2, 0.25) is 0 Å². The van der Waals surface area contributed by atoms with E-state index in [4.69, 9.17) is 11.6 Å². The number of carbonyl (C=O) groups is 1. The van der Waals surface area contributed by atoms with Crippen molar-refractivity contribution >= 4 is 23.2 Å². The molecule has 0 aliphatic carbocycles. The third kappa shape index (κ3) is 2.87. The lowest BCUT2D eigenvalue weighted by Crippen LogP contribution is -2.15. The molecule has 1 amide bonds. The van der Waals surface area contributed by atoms with Crippen LogP contribution in [0.2, 0.25) is 5.02 Å². The number of tetrazole rings is 1. The maximum atomic E-state index is 12.4. The highest BCUT2D eigenvalue weighted by Gasteiger charge is 2.14. The summed E-state index contributed by atoms with van der Waals surface area (Å²) >= 11 is 5.98. The fourth-order valence-electron chi connectivity index (χ4n) is 1.79. The summed E-state index contributed by atoms with van der Waals surface area (Å²) in [6, 6.07) is 8.28. The first kappa shape index (κ1) is 13.2. The van der Waals surface area contributed by atoms with Crippen molar-refractivity contribution in [1.29, 1.82) is 0 Å². The quantitative estimate of drug-likeness (QED) is 0.799. The Kier molecular flexibility index (Phi) is 3.57. The summed E-state index contributed by atoms with van der Waals surface area (Å²) in [5.74, 6) is -0.289. The third-order valence-corrected chi connectivity index (χ3v) is 2.97. The van der Waals surface area contributed by atoms with Crippen molar-refractivity contribution in [3.63, 3.8) is 0 Å². The van der Waals surface area contributed by atoms with Gasteiger partial charge in [0.15, 0.2) is 0 Å². The molecule has 0 radical (unpaired) electrons. The summed E-state index contributed by atoms with van der Waals surface area (Å²) < 4.78 is 1.38. The SMILES string of the molecule is O=C(Nc1ccncc1)c1ccc(Cl)cc1-n1cnnn1. The average molecular weight is 301 g/mol. The molecule has 2 aromatic heterocycles. The van der Waals surface area contributed by atoms with Gasteiger partial charge in [0.1, 0.15) is 6.33 Å². The number of hydrogen-bond acceptors (Lipinski definition) is 5. The minimum absolute atomic E-state index is 0.289. The lowest BCUT2D eigenvalue weighted by molar-refractivity contribution is 0.102. The number of pyridine rings is 1. The number of aromatic nitrogens is 5. The molecule has 0 unspecified atom stereocenters. The Bertz CT molecular complexity index is 760. The van der Waals surface area contributed by atoms with E-state index in [1.54, 1.807) is 42.7 Å². The molecule has 8 heteroatoms. The Morgan fingerprint density at radius 2 is 2.00 bits per heavy atom. The highest BCUT2D eigenvalue weighted by atomic mass is 35.5. The minimum Gasteiger partial charge on any atom is -0.322 e. The van der Waals surface area contributed by atoms with Gasteiger partial charge in [0, 0.05) is 23.1 Å². The molecule has 1 aromatic carbocycles. The molecule has 0 saturated carbocycles. The van der Waals surface area contributed by atoms with Gasteiger partial charge in [-0.25, -0.2) is 0 Å². The average Bonchev–Trinajstić information content (AvgIpc) is 3.02. The Morgan fingerprint density at radius 3 is 2.71 bits per heavy atom. The normalized spacial score (nSPS) is 10.3. The van der Waals surface area contributed by atoms with Gasteiger partial charge in [-0.1, -0.05) is 11.6 Å². The zero-order chi connectivity index (χ0) is 14.7. The topological polar surface area (TPSA) is 85.6 Å². The van der Waals surface area contributed by atoms with Crippen molar-refractivity contribution in [3.8, 4) is 5.69 Å². The maximum absolute atomic E-state index is 12.4. The van der Waals surface area contributed by atoms with Gasteiger partial charge >= 0.3 is 0 Å². The van der Waals surface area contributed by atoms with E-state index < -0.39 is 0 Å². The molecule has 3 rings (SSSR count). The monoisotopic (exact) mass is 300 g/mol. The van der Waals surface area contributed by atoms with Crippen LogP contribution >= 0.6 is 11.6 Å². The van der Waals surface area contributed by atoms with Crippen molar-refractivity contribution in [2.75, 3.05) is 5.32 Å². The van der Waals surface area contributed by atoms with E-state index in [0.717, 1.165) is 0 Å². The molecular weight excluding hydrogens is 292 g/mol. The van der Waals surface area contributed by atoms with E-state index in [1.807, 2.05) is 0 Å². The Morgan fingerprint density at radius 1 is 1.19 bits per heavy atom. The Hall–Kier alpha value is -2.80. The number of benzene rings is 1. The van der Waals surface area contributed by atoms with Gasteiger partial charge in [-0.15, -0.1) is 5.10 Å². The molecule has 0 aliphatic rings. The van der Waals surface area contributed by atoms with Crippen molar-refractivity contribution in [2.45, 2.75) is 0 Å². The van der Waals surface area contributed by atoms with Crippen LogP contribution in [0.4, 0.5) is 5.69 Å². The van der Waals surface area contributed by atoms with Crippen LogP contribution in [0.25, 0.3) is 5.69 Å². The van der Waals surface area contributed by atoms with E-state index in [-0.39, 0.29) is 5.91 Å². The van der Waals surface area contributed by atoms with Crippen molar-refractivity contribution in [3.05, 3.63) is 59.6 Å². The van der Waals surface area contributed by atoms with E-state index >= 15 is 0 Å². The minimum atomic E-state index is -0.289. The van der Waals surface area contributed by atoms with Crippen molar-refractivity contribution < 1.29 is 4.79 Å². The highest BCUT2D eigenvalue weighted by Crippen LogP contribution is 2.20. The van der Waals surface area contributed by atoms with Crippen LogP contribution in [-0.4, -0.2) is 31.1 Å². The van der Waals surface area contributed by atoms with Crippen LogP contribution in [0.5, 0.6) is 0 Å². The van der Waals surface area contributed by atoms with Gasteiger partial charge in [-0.3, -0.25) is 9.78 Å². The van der Waals surface area contributed by atoms with Crippen LogP contribution in [-0.2, 0) is 0 Å². The molecule has 0 saturated heterocycles. The second kappa shape index (κ2) is 5.68. The fourth-order valence-corrected chi connectivity index (χ4v) is 1.96. The predicted molar refractivity (Wildman–Crippen MR) is 76.4 cm³/mol. The van der Waals surface area contributed by atoms with Crippen LogP contribution in [0.1, 0.15) is 10.4 Å². The zero-order valence-electron chi connectivity index (χ0n) is 10.6. The van der Waals surface area contributed by atoms with E-state index in [2.05, 4.69) is 25.8 Å². The maximum Gasteiger partial charge on any atom is 0.257 e. The summed E-state index contributed by atoms with van der Waals surface area (Å²) in [6.45, 7) is 0. The van der Waals surface area contributed by atoms with Gasteiger partial charge < -0.3 is 5.32 Å². The molecule has 2 heterocycles. The van der Waals surface area contributed by atoms with Crippen LogP contribution in [0.15, 0.2) is 49.1 Å². The molecule has 0 bridgehead atoms. The summed E-state index contributed by atoms with van der Waals surface area (Å²) in [5.41, 5.74) is 1.55. The molecule has 3 aromatic rings. The predicted octanol–water partition coefficient (Wildman–Crippen LogP) is 1.96. The number of rotatable bonds is 3. The molecule has 7 nitrogen and oxygen atoms in total. The first-order chi connectivity index (χ1) is 10.2. The van der Waals surface area contributed by atoms with E-state index in [1.165, 1.54) is 11.0 Å². The molecule has 0 aliphatic heterocycles. The first-order valence-electron chi connectivity index (χ1n) is 5.98. The number of nitrogens with one attached hydrogen (secondary N) is 1. The summed E-state index contributed by atoms with van der Waals surface area (Å²) in [4.78, 5) is 16.3. The largest absolute Gasteiger partial charge is 0.322 e. The summed E-state index contributed by atoms with van der Waals surface area (Å²) in [6.07, 6.45) is 4.59. The number of nitrogens with zero attached hydrogens (tertiary/aromatic N) is 5. The second-order valence-corrected chi connectivity index (χ2v) is 4.54. The van der Waals surface area contributed by atoms with Crippen LogP contribution < -0.4 is 5.32 Å². The number of carbonyl (C=O) groups excluding carboxylic acids is 1. The first-order valence-corrected chi connectivity index (χ1v) is 6.36. The standard InChI is InChI=1S/C13H9ClN6O/c14-9-1-2-11(12(7-9)20-8-16-18-19-20)13(21)17-10-3-5-15-6-4-10/h1-8H,(H,15,17,21). The fraction of sp³-hybridized carbons (Fsp3) is 0. The number of halogens is 1. The summed E-state index contributed by atoms with van der Waals surface area (Å²) in [7, 11) is 0. The highest BCUT2D eigenvalue weighted by molar-refractivity contribution is 6.31. The Labute approximate surface area is 124 Å². The lowest BCUT2D eigenvalue weighted by Gasteiger charge is -2.09. The third-order valence-electron chi connectivity index (χ3n) is 2.74. The summed E-state index contributed by atoms with van der Waals surface area (Å²) in [5, 5.41) is 14.2. The number of amides is 1. The van der Waals surface area contributed by atoms with E-state index in [0.29, 0.717) is 22.0 Å². The molecule has 104 valence electrons. The molecule has 0 atom stereocenters. The van der Waals surface area contributed by atoms with Crippen LogP contribution in [0, 0.1) is 0 Å². The van der Waals surface area contributed by atoms with E-state index in [9.17, 15) is 4.79 Å². The van der Waals surface area contributed by atoms with Crippen molar-refractivity contribution in [2.24, 2.45) is 0 Å². The smallest absolute Gasteiger partial charge is 0.257 e. The molecular formula is C13H9ClN6O. The van der Waals surface area contributed by atoms with Crippen LogP contribution in [0.3, 0.4) is 0 Å². The second-order valence-electron chi connectivity index (χ2n) is 4.11. The zero-order valence-corrected chi connectivity index (χ0v) is 11.4. The Balaban J connectivity index is 1.97. The van der Waals surface area contributed by atoms with Crippen molar-refractivity contribution in [1.82, 2.24) is 25.2 Å². The molecule has 0 spiro atoms. The number of anilines is 1. The van der Waals surface area contributed by atoms with Gasteiger partial charge in [-0.05, 0) is 40.8 Å². The van der Waals surface area contributed by atoms with Gasteiger partial charge in [0.25, 0.3) is 5.91 Å². The molecule has 0 fully saturated rings. The number of hydrogen-bond donors (Lipinski definition) is 1. The van der Waals surface area contributed by atoms with Gasteiger partial charge in [0.05, 0.1) is 11.3 Å².